The lowest BCUT2D eigenvalue weighted by Crippen LogP contribution is -2.26. The van der Waals surface area contributed by atoms with E-state index in [0.717, 1.165) is 23.8 Å². The maximum atomic E-state index is 12.2. The number of hydrogen-bond acceptors (Lipinski definition) is 2. The summed E-state index contributed by atoms with van der Waals surface area (Å²) >= 11 is 0. The minimum atomic E-state index is 0.214. The summed E-state index contributed by atoms with van der Waals surface area (Å²) in [5, 5.41) is 3.10. The molecule has 0 heterocycles. The maximum absolute atomic E-state index is 12.2. The van der Waals surface area contributed by atoms with Gasteiger partial charge in [-0.2, -0.15) is 0 Å². The van der Waals surface area contributed by atoms with E-state index in [-0.39, 0.29) is 12.0 Å². The minimum Gasteiger partial charge on any atom is -0.374 e. The lowest BCUT2D eigenvalue weighted by molar-refractivity contribution is -0.122. The van der Waals surface area contributed by atoms with Crippen LogP contribution in [0.2, 0.25) is 0 Å². The molecule has 0 aliphatic heterocycles. The largest absolute Gasteiger partial charge is 0.374 e. The van der Waals surface area contributed by atoms with Crippen LogP contribution in [0.4, 0.5) is 0 Å². The molecule has 1 aromatic rings. The molecule has 2 aliphatic rings. The predicted octanol–water partition coefficient (Wildman–Crippen LogP) is 4.05. The molecular weight excluding hydrogens is 286 g/mol. The number of hydrogen-bond donors (Lipinski definition) is 1. The number of fused-ring (bicyclic) bond motifs is 2. The molecule has 2 aliphatic carbocycles. The molecule has 3 rings (SSSR count). The van der Waals surface area contributed by atoms with Crippen LogP contribution in [-0.4, -0.2) is 12.0 Å². The van der Waals surface area contributed by atoms with E-state index in [1.807, 2.05) is 19.9 Å². The van der Waals surface area contributed by atoms with Gasteiger partial charge in [0.25, 0.3) is 0 Å². The van der Waals surface area contributed by atoms with Gasteiger partial charge >= 0.3 is 0 Å². The Labute approximate surface area is 139 Å². The SMILES string of the molecule is CC(C)OCc1cccc(CNC(=O)CC2CC3CCC2C3)c1. The molecule has 2 bridgehead atoms. The zero-order chi connectivity index (χ0) is 16.2. The van der Waals surface area contributed by atoms with Gasteiger partial charge in [0.2, 0.25) is 5.91 Å². The van der Waals surface area contributed by atoms with Gasteiger partial charge in [-0.1, -0.05) is 30.7 Å². The van der Waals surface area contributed by atoms with Crippen molar-refractivity contribution < 1.29 is 9.53 Å². The van der Waals surface area contributed by atoms with E-state index < -0.39 is 0 Å². The average Bonchev–Trinajstić information content (AvgIpc) is 3.14. The molecule has 3 nitrogen and oxygen atoms in total. The second kappa shape index (κ2) is 7.48. The molecule has 3 heteroatoms. The van der Waals surface area contributed by atoms with E-state index in [0.29, 0.717) is 19.1 Å². The Kier molecular flexibility index (Phi) is 5.37. The zero-order valence-electron chi connectivity index (χ0n) is 14.4. The third-order valence-corrected chi connectivity index (χ3v) is 5.40. The first-order chi connectivity index (χ1) is 11.1. The van der Waals surface area contributed by atoms with Crippen LogP contribution < -0.4 is 5.32 Å². The fraction of sp³-hybridized carbons (Fsp3) is 0.650. The van der Waals surface area contributed by atoms with Crippen LogP contribution in [0.5, 0.6) is 0 Å². The summed E-state index contributed by atoms with van der Waals surface area (Å²) in [7, 11) is 0. The highest BCUT2D eigenvalue weighted by Gasteiger charge is 2.39. The first-order valence-electron chi connectivity index (χ1n) is 9.06. The standard InChI is InChI=1S/C20H29NO2/c1-14(2)23-13-17-5-3-4-16(8-17)12-21-20(22)11-19-10-15-6-7-18(19)9-15/h3-5,8,14-15,18-19H,6-7,9-13H2,1-2H3,(H,21,22). The van der Waals surface area contributed by atoms with Gasteiger partial charge in [-0.25, -0.2) is 0 Å². The molecular formula is C20H29NO2. The summed E-state index contributed by atoms with van der Waals surface area (Å²) < 4.78 is 5.64. The van der Waals surface area contributed by atoms with Crippen molar-refractivity contribution in [2.45, 2.75) is 65.2 Å². The Morgan fingerprint density at radius 3 is 2.78 bits per heavy atom. The zero-order valence-corrected chi connectivity index (χ0v) is 14.4. The predicted molar refractivity (Wildman–Crippen MR) is 91.8 cm³/mol. The number of carbonyl (C=O) groups is 1. The normalized spacial score (nSPS) is 26.0. The lowest BCUT2D eigenvalue weighted by atomic mass is 9.86. The van der Waals surface area contributed by atoms with Crippen LogP contribution in [0.25, 0.3) is 0 Å². The Hall–Kier alpha value is -1.35. The lowest BCUT2D eigenvalue weighted by Gasteiger charge is -2.20. The number of rotatable bonds is 7. The van der Waals surface area contributed by atoms with Gasteiger partial charge in [0.15, 0.2) is 0 Å². The van der Waals surface area contributed by atoms with Crippen molar-refractivity contribution >= 4 is 5.91 Å². The molecule has 2 saturated carbocycles. The molecule has 1 amide bonds. The summed E-state index contributed by atoms with van der Waals surface area (Å²) in [4.78, 5) is 12.2. The van der Waals surface area contributed by atoms with Gasteiger partial charge in [-0.05, 0) is 62.0 Å². The molecule has 23 heavy (non-hydrogen) atoms. The van der Waals surface area contributed by atoms with Crippen molar-refractivity contribution in [1.29, 1.82) is 0 Å². The second-order valence-electron chi connectivity index (χ2n) is 7.60. The van der Waals surface area contributed by atoms with E-state index in [1.54, 1.807) is 0 Å². The number of ether oxygens (including phenoxy) is 1. The van der Waals surface area contributed by atoms with E-state index in [9.17, 15) is 4.79 Å². The molecule has 3 unspecified atom stereocenters. The third-order valence-electron chi connectivity index (χ3n) is 5.40. The van der Waals surface area contributed by atoms with Gasteiger partial charge in [0.1, 0.15) is 0 Å². The van der Waals surface area contributed by atoms with Gasteiger partial charge in [0, 0.05) is 13.0 Å². The molecule has 0 spiro atoms. The van der Waals surface area contributed by atoms with Crippen LogP contribution in [0.15, 0.2) is 24.3 Å². The van der Waals surface area contributed by atoms with E-state index in [2.05, 4.69) is 23.5 Å². The molecule has 1 aromatic carbocycles. The Morgan fingerprint density at radius 2 is 2.09 bits per heavy atom. The number of amides is 1. The first-order valence-corrected chi connectivity index (χ1v) is 9.06. The summed E-state index contributed by atoms with van der Waals surface area (Å²) in [6, 6.07) is 8.30. The minimum absolute atomic E-state index is 0.214. The van der Waals surface area contributed by atoms with Crippen molar-refractivity contribution in [3.05, 3.63) is 35.4 Å². The number of carbonyl (C=O) groups excluding carboxylic acids is 1. The van der Waals surface area contributed by atoms with Gasteiger partial charge in [0.05, 0.1) is 12.7 Å². The highest BCUT2D eigenvalue weighted by Crippen LogP contribution is 2.49. The smallest absolute Gasteiger partial charge is 0.220 e. The third kappa shape index (κ3) is 4.57. The Bertz CT molecular complexity index is 540. The second-order valence-corrected chi connectivity index (χ2v) is 7.60. The average molecular weight is 315 g/mol. The molecule has 0 aromatic heterocycles. The van der Waals surface area contributed by atoms with Gasteiger partial charge in [-0.3, -0.25) is 4.79 Å². The molecule has 0 radical (unpaired) electrons. The monoisotopic (exact) mass is 315 g/mol. The topological polar surface area (TPSA) is 38.3 Å². The van der Waals surface area contributed by atoms with Crippen molar-refractivity contribution in [3.63, 3.8) is 0 Å². The van der Waals surface area contributed by atoms with Gasteiger partial charge in [-0.15, -0.1) is 0 Å². The van der Waals surface area contributed by atoms with E-state index in [1.165, 1.54) is 31.2 Å². The molecule has 126 valence electrons. The van der Waals surface area contributed by atoms with Crippen molar-refractivity contribution in [2.75, 3.05) is 0 Å². The fourth-order valence-electron chi connectivity index (χ4n) is 4.23. The van der Waals surface area contributed by atoms with E-state index in [4.69, 9.17) is 4.74 Å². The van der Waals surface area contributed by atoms with Crippen LogP contribution >= 0.6 is 0 Å². The highest BCUT2D eigenvalue weighted by molar-refractivity contribution is 5.76. The summed E-state index contributed by atoms with van der Waals surface area (Å²) in [5.74, 6) is 2.59. The van der Waals surface area contributed by atoms with Crippen molar-refractivity contribution in [2.24, 2.45) is 17.8 Å². The summed E-state index contributed by atoms with van der Waals surface area (Å²) in [6.07, 6.45) is 6.35. The van der Waals surface area contributed by atoms with Crippen molar-refractivity contribution in [3.8, 4) is 0 Å². The van der Waals surface area contributed by atoms with E-state index >= 15 is 0 Å². The molecule has 2 fully saturated rings. The van der Waals surface area contributed by atoms with Gasteiger partial charge < -0.3 is 10.1 Å². The fourth-order valence-corrected chi connectivity index (χ4v) is 4.23. The van der Waals surface area contributed by atoms with Crippen LogP contribution in [0.3, 0.4) is 0 Å². The van der Waals surface area contributed by atoms with Crippen LogP contribution in [-0.2, 0) is 22.7 Å². The molecule has 1 N–H and O–H groups in total. The number of nitrogens with one attached hydrogen (secondary N) is 1. The number of benzene rings is 1. The highest BCUT2D eigenvalue weighted by atomic mass is 16.5. The Morgan fingerprint density at radius 1 is 1.26 bits per heavy atom. The van der Waals surface area contributed by atoms with Crippen LogP contribution in [0.1, 0.15) is 57.1 Å². The Balaban J connectivity index is 1.44. The first kappa shape index (κ1) is 16.5. The van der Waals surface area contributed by atoms with Crippen molar-refractivity contribution in [1.82, 2.24) is 5.32 Å². The van der Waals surface area contributed by atoms with Crippen LogP contribution in [0, 0.1) is 17.8 Å². The molecule has 0 saturated heterocycles. The molecule has 3 atom stereocenters. The maximum Gasteiger partial charge on any atom is 0.220 e. The summed E-state index contributed by atoms with van der Waals surface area (Å²) in [6.45, 7) is 5.33. The summed E-state index contributed by atoms with van der Waals surface area (Å²) in [5.41, 5.74) is 2.31. The quantitative estimate of drug-likeness (QED) is 0.824.